The smallest absolute Gasteiger partial charge is 0.255 e. The Morgan fingerprint density at radius 3 is 2.62 bits per heavy atom. The van der Waals surface area contributed by atoms with Gasteiger partial charge in [-0.3, -0.25) is 14.2 Å². The number of fused-ring (bicyclic) bond motifs is 1. The maximum atomic E-state index is 13.8. The molecule has 0 spiro atoms. The van der Waals surface area contributed by atoms with Gasteiger partial charge in [0, 0.05) is 38.3 Å². The average Bonchev–Trinajstić information content (AvgIpc) is 3.01. The second-order valence-electron chi connectivity index (χ2n) is 7.42. The lowest BCUT2D eigenvalue weighted by Gasteiger charge is -2.28. The van der Waals surface area contributed by atoms with Gasteiger partial charge in [0.15, 0.2) is 11.6 Å². The molecule has 0 aliphatic carbocycles. The summed E-state index contributed by atoms with van der Waals surface area (Å²) in [6.45, 7) is 4.17. The molecule has 2 aliphatic rings. The van der Waals surface area contributed by atoms with E-state index in [1.165, 1.54) is 15.5 Å². The topological polar surface area (TPSA) is 67.7 Å². The number of nitrogens with zero attached hydrogens (tertiary/aromatic N) is 4. The Balaban J connectivity index is 1.63. The van der Waals surface area contributed by atoms with E-state index in [2.05, 4.69) is 4.98 Å². The first-order valence-electron chi connectivity index (χ1n) is 9.54. The minimum Gasteiger partial charge on any atom is -0.378 e. The summed E-state index contributed by atoms with van der Waals surface area (Å²) in [5.41, 5.74) is 0.705. The minimum atomic E-state index is -0.990. The molecule has 29 heavy (non-hydrogen) atoms. The van der Waals surface area contributed by atoms with Gasteiger partial charge in [0.05, 0.1) is 25.3 Å². The fraction of sp³-hybridized carbons (Fsp3) is 0.450. The van der Waals surface area contributed by atoms with Gasteiger partial charge < -0.3 is 14.5 Å². The molecule has 0 bridgehead atoms. The van der Waals surface area contributed by atoms with E-state index < -0.39 is 11.6 Å². The number of benzene rings is 1. The third-order valence-electron chi connectivity index (χ3n) is 5.46. The quantitative estimate of drug-likeness (QED) is 0.774. The minimum absolute atomic E-state index is 0.118. The highest BCUT2D eigenvalue weighted by Gasteiger charge is 2.33. The van der Waals surface area contributed by atoms with Gasteiger partial charge in [-0.2, -0.15) is 0 Å². The summed E-state index contributed by atoms with van der Waals surface area (Å²) in [6.07, 6.45) is 0.325. The molecule has 2 aromatic rings. The largest absolute Gasteiger partial charge is 0.378 e. The molecule has 154 valence electrons. The summed E-state index contributed by atoms with van der Waals surface area (Å²) < 4.78 is 34.0. The number of hydrogen-bond acceptors (Lipinski definition) is 5. The van der Waals surface area contributed by atoms with Gasteiger partial charge in [-0.1, -0.05) is 0 Å². The highest BCUT2D eigenvalue weighted by Crippen LogP contribution is 2.34. The van der Waals surface area contributed by atoms with E-state index in [1.807, 2.05) is 11.8 Å². The summed E-state index contributed by atoms with van der Waals surface area (Å²) in [7, 11) is 1.57. The zero-order valence-corrected chi connectivity index (χ0v) is 16.3. The number of amides is 1. The molecule has 1 amide bonds. The predicted molar refractivity (Wildman–Crippen MR) is 103 cm³/mol. The van der Waals surface area contributed by atoms with Crippen molar-refractivity contribution in [1.82, 2.24) is 9.55 Å². The van der Waals surface area contributed by atoms with Crippen molar-refractivity contribution in [2.45, 2.75) is 25.8 Å². The summed E-state index contributed by atoms with van der Waals surface area (Å²) >= 11 is 0. The molecule has 4 rings (SSSR count). The number of carbonyl (C=O) groups is 1. The molecule has 0 N–H and O–H groups in total. The summed E-state index contributed by atoms with van der Waals surface area (Å²) in [5.74, 6) is -1.39. The van der Waals surface area contributed by atoms with Crippen LogP contribution in [0.2, 0.25) is 0 Å². The molecule has 9 heteroatoms. The van der Waals surface area contributed by atoms with E-state index in [1.54, 1.807) is 7.05 Å². The van der Waals surface area contributed by atoms with E-state index in [-0.39, 0.29) is 23.9 Å². The second-order valence-corrected chi connectivity index (χ2v) is 7.42. The standard InChI is InChI=1S/C20H22F2N4O3/c1-12-7-13-8-14(21)15(22)9-16(13)26(12)20(28)10-17-23-18(11-19(27)24(17)2)25-3-5-29-6-4-25/h8-9,11-12H,3-7,10H2,1-2H3. The second kappa shape index (κ2) is 7.55. The van der Waals surface area contributed by atoms with E-state index in [0.717, 1.165) is 12.1 Å². The SMILES string of the molecule is CC1Cc2cc(F)c(F)cc2N1C(=O)Cc1nc(N2CCOCC2)cc(=O)n1C. The first kappa shape index (κ1) is 19.5. The molecule has 2 aliphatic heterocycles. The Bertz CT molecular complexity index is 1020. The molecular weight excluding hydrogens is 382 g/mol. The van der Waals surface area contributed by atoms with Crippen LogP contribution in [0.15, 0.2) is 23.0 Å². The Kier molecular flexibility index (Phi) is 5.08. The van der Waals surface area contributed by atoms with Gasteiger partial charge in [0.25, 0.3) is 5.56 Å². The van der Waals surface area contributed by atoms with Crippen LogP contribution in [0.4, 0.5) is 20.3 Å². The van der Waals surface area contributed by atoms with Crippen LogP contribution in [0.1, 0.15) is 18.3 Å². The van der Waals surface area contributed by atoms with Crippen LogP contribution < -0.4 is 15.4 Å². The number of halogens is 2. The lowest BCUT2D eigenvalue weighted by atomic mass is 10.1. The van der Waals surface area contributed by atoms with Crippen LogP contribution >= 0.6 is 0 Å². The lowest BCUT2D eigenvalue weighted by Crippen LogP contribution is -2.40. The van der Waals surface area contributed by atoms with Gasteiger partial charge >= 0.3 is 0 Å². The van der Waals surface area contributed by atoms with Gasteiger partial charge in [-0.15, -0.1) is 0 Å². The molecule has 1 aromatic heterocycles. The summed E-state index contributed by atoms with van der Waals surface area (Å²) in [5, 5.41) is 0. The van der Waals surface area contributed by atoms with Crippen LogP contribution in [0.25, 0.3) is 0 Å². The first-order valence-corrected chi connectivity index (χ1v) is 9.54. The molecule has 1 saturated heterocycles. The fourth-order valence-electron chi connectivity index (χ4n) is 3.90. The molecule has 7 nitrogen and oxygen atoms in total. The highest BCUT2D eigenvalue weighted by molar-refractivity contribution is 5.97. The van der Waals surface area contributed by atoms with Gasteiger partial charge in [-0.05, 0) is 25.0 Å². The Hall–Kier alpha value is -2.81. The van der Waals surface area contributed by atoms with Crippen molar-refractivity contribution < 1.29 is 18.3 Å². The maximum Gasteiger partial charge on any atom is 0.255 e. The van der Waals surface area contributed by atoms with Crippen molar-refractivity contribution in [2.75, 3.05) is 36.1 Å². The Labute approximate surface area is 166 Å². The molecule has 1 unspecified atom stereocenters. The third-order valence-corrected chi connectivity index (χ3v) is 5.46. The van der Waals surface area contributed by atoms with E-state index in [9.17, 15) is 18.4 Å². The molecule has 1 atom stereocenters. The van der Waals surface area contributed by atoms with Gasteiger partial charge in [0.2, 0.25) is 5.91 Å². The van der Waals surface area contributed by atoms with E-state index in [4.69, 9.17) is 4.74 Å². The molecule has 1 fully saturated rings. The third kappa shape index (κ3) is 3.62. The predicted octanol–water partition coefficient (Wildman–Crippen LogP) is 1.42. The zero-order valence-electron chi connectivity index (χ0n) is 16.3. The average molecular weight is 404 g/mol. The lowest BCUT2D eigenvalue weighted by molar-refractivity contribution is -0.118. The number of ether oxygens (including phenoxy) is 1. The number of morpholine rings is 1. The first-order chi connectivity index (χ1) is 13.8. The molecule has 0 saturated carbocycles. The number of carbonyl (C=O) groups excluding carboxylic acids is 1. The maximum absolute atomic E-state index is 13.8. The van der Waals surface area contributed by atoms with E-state index >= 15 is 0 Å². The number of aromatic nitrogens is 2. The van der Waals surface area contributed by atoms with Crippen LogP contribution in [0.5, 0.6) is 0 Å². The Morgan fingerprint density at radius 1 is 1.21 bits per heavy atom. The zero-order chi connectivity index (χ0) is 20.7. The van der Waals surface area contributed by atoms with Crippen molar-refractivity contribution in [1.29, 1.82) is 0 Å². The van der Waals surface area contributed by atoms with Crippen LogP contribution in [-0.2, 0) is 29.4 Å². The molecule has 3 heterocycles. The fourth-order valence-corrected chi connectivity index (χ4v) is 3.90. The van der Waals surface area contributed by atoms with Gasteiger partial charge in [-0.25, -0.2) is 13.8 Å². The van der Waals surface area contributed by atoms with Crippen LogP contribution in [0.3, 0.4) is 0 Å². The van der Waals surface area contributed by atoms with Crippen LogP contribution in [-0.4, -0.2) is 47.8 Å². The normalized spacial score (nSPS) is 18.8. The van der Waals surface area contributed by atoms with Crippen molar-refractivity contribution >= 4 is 17.4 Å². The van der Waals surface area contributed by atoms with Crippen molar-refractivity contribution in [3.05, 3.63) is 51.6 Å². The number of hydrogen-bond donors (Lipinski definition) is 0. The van der Waals surface area contributed by atoms with Crippen LogP contribution in [0, 0.1) is 11.6 Å². The molecule has 1 aromatic carbocycles. The van der Waals surface area contributed by atoms with Crippen molar-refractivity contribution in [3.63, 3.8) is 0 Å². The summed E-state index contributed by atoms with van der Waals surface area (Å²) in [6, 6.07) is 3.41. The van der Waals surface area contributed by atoms with Crippen molar-refractivity contribution in [3.8, 4) is 0 Å². The Morgan fingerprint density at radius 2 is 1.90 bits per heavy atom. The number of anilines is 2. The summed E-state index contributed by atoms with van der Waals surface area (Å²) in [4.78, 5) is 33.4. The van der Waals surface area contributed by atoms with Gasteiger partial charge in [0.1, 0.15) is 11.6 Å². The highest BCUT2D eigenvalue weighted by atomic mass is 19.2. The number of rotatable bonds is 3. The monoisotopic (exact) mass is 404 g/mol. The molecular formula is C20H22F2N4O3. The molecule has 0 radical (unpaired) electrons. The van der Waals surface area contributed by atoms with Crippen molar-refractivity contribution in [2.24, 2.45) is 7.05 Å². The van der Waals surface area contributed by atoms with E-state index in [0.29, 0.717) is 55.6 Å².